The highest BCUT2D eigenvalue weighted by molar-refractivity contribution is 4.78. The van der Waals surface area contributed by atoms with E-state index >= 15 is 0 Å². The first kappa shape index (κ1) is 9.05. The van der Waals surface area contributed by atoms with Gasteiger partial charge in [0, 0.05) is 6.54 Å². The number of hydrogen-bond acceptors (Lipinski definition) is 1. The average Bonchev–Trinajstić information content (AvgIpc) is 2.13. The molecule has 0 bridgehead atoms. The molecule has 1 unspecified atom stereocenters. The van der Waals surface area contributed by atoms with Crippen molar-refractivity contribution in [2.24, 2.45) is 5.41 Å². The van der Waals surface area contributed by atoms with Gasteiger partial charge in [0.05, 0.1) is 0 Å². The summed E-state index contributed by atoms with van der Waals surface area (Å²) in [5.74, 6) is 0. The summed E-state index contributed by atoms with van der Waals surface area (Å²) in [4.78, 5) is 2.48. The molecule has 1 aliphatic rings. The zero-order chi connectivity index (χ0) is 8.32. The van der Waals surface area contributed by atoms with Crippen LogP contribution in [-0.2, 0) is 0 Å². The second-order valence-corrected chi connectivity index (χ2v) is 4.36. The Morgan fingerprint density at radius 1 is 1.36 bits per heavy atom. The molecule has 0 aromatic rings. The highest BCUT2D eigenvalue weighted by Gasteiger charge is 2.25. The summed E-state index contributed by atoms with van der Waals surface area (Å²) in [7, 11) is 2.25. The van der Waals surface area contributed by atoms with Crippen molar-refractivity contribution in [1.29, 1.82) is 0 Å². The molecule has 0 spiro atoms. The van der Waals surface area contributed by atoms with Crippen LogP contribution in [0.15, 0.2) is 0 Å². The lowest BCUT2D eigenvalue weighted by Crippen LogP contribution is -2.30. The largest absolute Gasteiger partial charge is 0.306 e. The van der Waals surface area contributed by atoms with Gasteiger partial charge in [-0.25, -0.2) is 0 Å². The zero-order valence-electron chi connectivity index (χ0n) is 8.19. The van der Waals surface area contributed by atoms with Crippen LogP contribution in [0, 0.1) is 5.41 Å². The standard InChI is InChI=1S/C10H21N/c1-4-10(2)7-5-6-8-11(3)9-10/h4-9H2,1-3H3. The van der Waals surface area contributed by atoms with Gasteiger partial charge >= 0.3 is 0 Å². The Morgan fingerprint density at radius 3 is 2.73 bits per heavy atom. The van der Waals surface area contributed by atoms with Crippen molar-refractivity contribution in [3.8, 4) is 0 Å². The topological polar surface area (TPSA) is 3.24 Å². The summed E-state index contributed by atoms with van der Waals surface area (Å²) < 4.78 is 0. The van der Waals surface area contributed by atoms with E-state index in [9.17, 15) is 0 Å². The minimum atomic E-state index is 0.602. The van der Waals surface area contributed by atoms with Gasteiger partial charge in [0.15, 0.2) is 0 Å². The van der Waals surface area contributed by atoms with Crippen LogP contribution >= 0.6 is 0 Å². The van der Waals surface area contributed by atoms with Crippen LogP contribution in [0.5, 0.6) is 0 Å². The fourth-order valence-corrected chi connectivity index (χ4v) is 2.03. The van der Waals surface area contributed by atoms with Gasteiger partial charge in [-0.3, -0.25) is 0 Å². The van der Waals surface area contributed by atoms with Gasteiger partial charge in [0.2, 0.25) is 0 Å². The second-order valence-electron chi connectivity index (χ2n) is 4.36. The zero-order valence-corrected chi connectivity index (χ0v) is 8.19. The van der Waals surface area contributed by atoms with Gasteiger partial charge in [-0.15, -0.1) is 0 Å². The van der Waals surface area contributed by atoms with Gasteiger partial charge in [0.1, 0.15) is 0 Å². The Balaban J connectivity index is 2.51. The van der Waals surface area contributed by atoms with E-state index < -0.39 is 0 Å². The molecule has 1 atom stereocenters. The fourth-order valence-electron chi connectivity index (χ4n) is 2.03. The summed E-state index contributed by atoms with van der Waals surface area (Å²) in [5, 5.41) is 0. The molecule has 0 saturated carbocycles. The summed E-state index contributed by atoms with van der Waals surface area (Å²) >= 11 is 0. The van der Waals surface area contributed by atoms with Crippen molar-refractivity contribution < 1.29 is 0 Å². The molecule has 0 N–H and O–H groups in total. The first-order valence-corrected chi connectivity index (χ1v) is 4.85. The lowest BCUT2D eigenvalue weighted by Gasteiger charge is -2.29. The number of nitrogens with zero attached hydrogens (tertiary/aromatic N) is 1. The van der Waals surface area contributed by atoms with Crippen molar-refractivity contribution >= 4 is 0 Å². The van der Waals surface area contributed by atoms with E-state index in [-0.39, 0.29) is 0 Å². The second kappa shape index (κ2) is 3.57. The van der Waals surface area contributed by atoms with Crippen molar-refractivity contribution in [2.75, 3.05) is 20.1 Å². The van der Waals surface area contributed by atoms with Crippen LogP contribution in [0.25, 0.3) is 0 Å². The Hall–Kier alpha value is -0.0400. The maximum atomic E-state index is 2.48. The molecule has 1 nitrogen and oxygen atoms in total. The summed E-state index contributed by atoms with van der Waals surface area (Å²) in [5.41, 5.74) is 0.602. The molecule has 66 valence electrons. The van der Waals surface area contributed by atoms with Crippen molar-refractivity contribution in [1.82, 2.24) is 4.90 Å². The van der Waals surface area contributed by atoms with Gasteiger partial charge < -0.3 is 4.90 Å². The van der Waals surface area contributed by atoms with Crippen LogP contribution in [0.4, 0.5) is 0 Å². The monoisotopic (exact) mass is 155 g/mol. The highest BCUT2D eigenvalue weighted by atomic mass is 15.1. The molecule has 0 aromatic heterocycles. The van der Waals surface area contributed by atoms with E-state index in [1.54, 1.807) is 0 Å². The van der Waals surface area contributed by atoms with Gasteiger partial charge in [-0.2, -0.15) is 0 Å². The molecular weight excluding hydrogens is 134 g/mol. The minimum absolute atomic E-state index is 0.602. The summed E-state index contributed by atoms with van der Waals surface area (Å²) in [6.07, 6.45) is 5.58. The number of hydrogen-bond donors (Lipinski definition) is 0. The van der Waals surface area contributed by atoms with Crippen LogP contribution in [0.2, 0.25) is 0 Å². The Morgan fingerprint density at radius 2 is 2.09 bits per heavy atom. The predicted octanol–water partition coefficient (Wildman–Crippen LogP) is 2.52. The Kier molecular flexibility index (Phi) is 2.94. The molecule has 0 aromatic carbocycles. The van der Waals surface area contributed by atoms with E-state index in [0.717, 1.165) is 0 Å². The molecule has 1 fully saturated rings. The quantitative estimate of drug-likeness (QED) is 0.562. The first-order chi connectivity index (χ1) is 5.16. The van der Waals surface area contributed by atoms with Gasteiger partial charge in [0.25, 0.3) is 0 Å². The molecule has 1 heterocycles. The normalized spacial score (nSPS) is 35.2. The van der Waals surface area contributed by atoms with Crippen molar-refractivity contribution in [2.45, 2.75) is 39.5 Å². The third kappa shape index (κ3) is 2.48. The first-order valence-electron chi connectivity index (χ1n) is 4.85. The third-order valence-electron chi connectivity index (χ3n) is 3.08. The Bertz CT molecular complexity index is 122. The van der Waals surface area contributed by atoms with Crippen molar-refractivity contribution in [3.05, 3.63) is 0 Å². The molecular formula is C10H21N. The highest BCUT2D eigenvalue weighted by Crippen LogP contribution is 2.31. The van der Waals surface area contributed by atoms with Crippen LogP contribution in [-0.4, -0.2) is 25.0 Å². The summed E-state index contributed by atoms with van der Waals surface area (Å²) in [6, 6.07) is 0. The Labute approximate surface area is 70.8 Å². The van der Waals surface area contributed by atoms with Gasteiger partial charge in [-0.05, 0) is 38.3 Å². The molecule has 0 radical (unpaired) electrons. The average molecular weight is 155 g/mol. The maximum Gasteiger partial charge on any atom is 0.00322 e. The smallest absolute Gasteiger partial charge is 0.00322 e. The van der Waals surface area contributed by atoms with Crippen LogP contribution < -0.4 is 0 Å². The number of rotatable bonds is 1. The van der Waals surface area contributed by atoms with Crippen LogP contribution in [0.1, 0.15) is 39.5 Å². The fraction of sp³-hybridized carbons (Fsp3) is 1.00. The molecule has 11 heavy (non-hydrogen) atoms. The molecule has 1 saturated heterocycles. The number of likely N-dealkylation sites (tertiary alicyclic amines) is 1. The van der Waals surface area contributed by atoms with Crippen LogP contribution in [0.3, 0.4) is 0 Å². The maximum absolute atomic E-state index is 2.48. The van der Waals surface area contributed by atoms with E-state index in [0.29, 0.717) is 5.41 Å². The lowest BCUT2D eigenvalue weighted by atomic mass is 9.83. The molecule has 0 amide bonds. The predicted molar refractivity (Wildman–Crippen MR) is 49.7 cm³/mol. The molecule has 1 heteroatoms. The minimum Gasteiger partial charge on any atom is -0.306 e. The van der Waals surface area contributed by atoms with E-state index in [2.05, 4.69) is 25.8 Å². The molecule has 1 rings (SSSR count). The SMILES string of the molecule is CCC1(C)CCCCN(C)C1. The summed E-state index contributed by atoms with van der Waals surface area (Å²) in [6.45, 7) is 7.34. The van der Waals surface area contributed by atoms with E-state index in [1.807, 2.05) is 0 Å². The van der Waals surface area contributed by atoms with E-state index in [4.69, 9.17) is 0 Å². The molecule has 0 aliphatic carbocycles. The lowest BCUT2D eigenvalue weighted by molar-refractivity contribution is 0.200. The van der Waals surface area contributed by atoms with Crippen molar-refractivity contribution in [3.63, 3.8) is 0 Å². The van der Waals surface area contributed by atoms with Gasteiger partial charge in [-0.1, -0.05) is 20.3 Å². The molecule has 1 aliphatic heterocycles. The third-order valence-corrected chi connectivity index (χ3v) is 3.08. The van der Waals surface area contributed by atoms with E-state index in [1.165, 1.54) is 38.8 Å².